The smallest absolute Gasteiger partial charge is 0.225 e. The van der Waals surface area contributed by atoms with Crippen molar-refractivity contribution in [2.45, 2.75) is 25.7 Å². The van der Waals surface area contributed by atoms with Gasteiger partial charge in [0.2, 0.25) is 5.91 Å². The molecule has 110 valence electrons. The third-order valence-corrected chi connectivity index (χ3v) is 4.52. The maximum atomic E-state index is 12.4. The first-order valence-electron chi connectivity index (χ1n) is 7.67. The number of hydrogen-bond donors (Lipinski definition) is 0. The predicted octanol–water partition coefficient (Wildman–Crippen LogP) is 1.79. The number of hydrogen-bond acceptors (Lipinski definition) is 4. The van der Waals surface area contributed by atoms with Gasteiger partial charge < -0.3 is 9.80 Å². The first kappa shape index (κ1) is 13.9. The Hall–Kier alpha value is -2.09. The van der Waals surface area contributed by atoms with Crippen LogP contribution < -0.4 is 4.90 Å². The Morgan fingerprint density at radius 1 is 1.24 bits per heavy atom. The number of carbonyl (C=O) groups is 1. The highest BCUT2D eigenvalue weighted by Gasteiger charge is 2.30. The number of piperidine rings is 1. The van der Waals surface area contributed by atoms with Crippen molar-refractivity contribution in [3.05, 3.63) is 24.0 Å². The van der Waals surface area contributed by atoms with Crippen LogP contribution in [0.15, 0.2) is 18.5 Å². The average molecular weight is 284 g/mol. The van der Waals surface area contributed by atoms with Crippen molar-refractivity contribution in [2.75, 3.05) is 31.1 Å². The van der Waals surface area contributed by atoms with Gasteiger partial charge in [-0.2, -0.15) is 5.26 Å². The van der Waals surface area contributed by atoms with Crippen LogP contribution in [-0.4, -0.2) is 42.0 Å². The van der Waals surface area contributed by atoms with E-state index in [2.05, 4.69) is 16.0 Å². The zero-order chi connectivity index (χ0) is 14.7. The van der Waals surface area contributed by atoms with Crippen molar-refractivity contribution in [3.63, 3.8) is 0 Å². The van der Waals surface area contributed by atoms with Gasteiger partial charge in [-0.15, -0.1) is 0 Å². The topological polar surface area (TPSA) is 60.2 Å². The van der Waals surface area contributed by atoms with Crippen LogP contribution in [0.25, 0.3) is 0 Å². The average Bonchev–Trinajstić information content (AvgIpc) is 3.09. The summed E-state index contributed by atoms with van der Waals surface area (Å²) in [7, 11) is 0. The van der Waals surface area contributed by atoms with E-state index in [0.717, 1.165) is 57.5 Å². The largest absolute Gasteiger partial charge is 0.369 e. The van der Waals surface area contributed by atoms with Gasteiger partial charge in [0.05, 0.1) is 17.4 Å². The summed E-state index contributed by atoms with van der Waals surface area (Å²) in [5, 5.41) is 9.17. The summed E-state index contributed by atoms with van der Waals surface area (Å²) in [5.74, 6) is 0.486. The number of rotatable bonds is 2. The molecular weight excluding hydrogens is 264 g/mol. The fraction of sp³-hybridized carbons (Fsp3) is 0.562. The van der Waals surface area contributed by atoms with Crippen LogP contribution in [0.3, 0.4) is 0 Å². The standard InChI is InChI=1S/C16H20N4O/c17-11-14-3-6-18-12-15(14)19-9-4-13(5-10-19)16(21)20-7-1-2-8-20/h3,6,12-13H,1-2,4-5,7-10H2. The Morgan fingerprint density at radius 2 is 1.95 bits per heavy atom. The molecule has 0 aromatic carbocycles. The Kier molecular flexibility index (Phi) is 4.05. The van der Waals surface area contributed by atoms with Gasteiger partial charge in [-0.1, -0.05) is 0 Å². The molecule has 0 aliphatic carbocycles. The van der Waals surface area contributed by atoms with Crippen molar-refractivity contribution in [3.8, 4) is 6.07 Å². The lowest BCUT2D eigenvalue weighted by atomic mass is 9.94. The van der Waals surface area contributed by atoms with Crippen LogP contribution in [0.5, 0.6) is 0 Å². The van der Waals surface area contributed by atoms with E-state index in [1.807, 2.05) is 4.90 Å². The summed E-state index contributed by atoms with van der Waals surface area (Å²) in [6.07, 6.45) is 7.43. The number of nitriles is 1. The zero-order valence-corrected chi connectivity index (χ0v) is 12.2. The molecule has 0 spiro atoms. The van der Waals surface area contributed by atoms with Crippen molar-refractivity contribution < 1.29 is 4.79 Å². The summed E-state index contributed by atoms with van der Waals surface area (Å²) < 4.78 is 0. The molecule has 0 N–H and O–H groups in total. The van der Waals surface area contributed by atoms with E-state index in [1.165, 1.54) is 0 Å². The Balaban J connectivity index is 1.62. The highest BCUT2D eigenvalue weighted by atomic mass is 16.2. The summed E-state index contributed by atoms with van der Waals surface area (Å²) in [6, 6.07) is 3.96. The van der Waals surface area contributed by atoms with E-state index < -0.39 is 0 Å². The maximum absolute atomic E-state index is 12.4. The molecule has 3 heterocycles. The third-order valence-electron chi connectivity index (χ3n) is 4.52. The van der Waals surface area contributed by atoms with E-state index in [4.69, 9.17) is 5.26 Å². The lowest BCUT2D eigenvalue weighted by Gasteiger charge is -2.34. The summed E-state index contributed by atoms with van der Waals surface area (Å²) in [6.45, 7) is 3.51. The number of likely N-dealkylation sites (tertiary alicyclic amines) is 1. The van der Waals surface area contributed by atoms with Crippen LogP contribution in [0.4, 0.5) is 5.69 Å². The second-order valence-electron chi connectivity index (χ2n) is 5.80. The van der Waals surface area contributed by atoms with Crippen molar-refractivity contribution >= 4 is 11.6 Å². The van der Waals surface area contributed by atoms with Crippen LogP contribution in [0.1, 0.15) is 31.2 Å². The highest BCUT2D eigenvalue weighted by Crippen LogP contribution is 2.27. The quantitative estimate of drug-likeness (QED) is 0.830. The number of carbonyl (C=O) groups excluding carboxylic acids is 1. The molecule has 5 nitrogen and oxygen atoms in total. The van der Waals surface area contributed by atoms with Gasteiger partial charge in [0, 0.05) is 38.3 Å². The van der Waals surface area contributed by atoms with Crippen LogP contribution in [0.2, 0.25) is 0 Å². The zero-order valence-electron chi connectivity index (χ0n) is 12.2. The number of anilines is 1. The number of pyridine rings is 1. The van der Waals surface area contributed by atoms with Crippen molar-refractivity contribution in [1.82, 2.24) is 9.88 Å². The minimum absolute atomic E-state index is 0.154. The van der Waals surface area contributed by atoms with E-state index in [-0.39, 0.29) is 5.92 Å². The minimum atomic E-state index is 0.154. The molecule has 5 heteroatoms. The monoisotopic (exact) mass is 284 g/mol. The van der Waals surface area contributed by atoms with Crippen molar-refractivity contribution in [1.29, 1.82) is 5.26 Å². The normalized spacial score (nSPS) is 19.6. The molecule has 3 rings (SSSR count). The molecule has 1 aromatic heterocycles. The number of amides is 1. The third kappa shape index (κ3) is 2.85. The highest BCUT2D eigenvalue weighted by molar-refractivity contribution is 5.79. The van der Waals surface area contributed by atoms with Gasteiger partial charge in [0.25, 0.3) is 0 Å². The molecular formula is C16H20N4O. The summed E-state index contributed by atoms with van der Waals surface area (Å²) >= 11 is 0. The number of aromatic nitrogens is 1. The SMILES string of the molecule is N#Cc1ccncc1N1CCC(C(=O)N2CCCC2)CC1. The lowest BCUT2D eigenvalue weighted by molar-refractivity contribution is -0.135. The second-order valence-corrected chi connectivity index (χ2v) is 5.80. The van der Waals surface area contributed by atoms with Gasteiger partial charge in [0.15, 0.2) is 0 Å². The molecule has 2 aliphatic rings. The second kappa shape index (κ2) is 6.13. The fourth-order valence-electron chi connectivity index (χ4n) is 3.30. The van der Waals surface area contributed by atoms with E-state index >= 15 is 0 Å². The molecule has 1 amide bonds. The van der Waals surface area contributed by atoms with Gasteiger partial charge in [-0.3, -0.25) is 9.78 Å². The van der Waals surface area contributed by atoms with Crippen LogP contribution >= 0.6 is 0 Å². The van der Waals surface area contributed by atoms with Gasteiger partial charge in [0.1, 0.15) is 6.07 Å². The first-order valence-corrected chi connectivity index (χ1v) is 7.67. The molecule has 0 saturated carbocycles. The van der Waals surface area contributed by atoms with Gasteiger partial charge >= 0.3 is 0 Å². The van der Waals surface area contributed by atoms with Gasteiger partial charge in [-0.05, 0) is 31.7 Å². The van der Waals surface area contributed by atoms with Crippen LogP contribution in [-0.2, 0) is 4.79 Å². The Morgan fingerprint density at radius 3 is 2.62 bits per heavy atom. The molecule has 1 aromatic rings. The summed E-state index contributed by atoms with van der Waals surface area (Å²) in [4.78, 5) is 20.7. The molecule has 0 bridgehead atoms. The summed E-state index contributed by atoms with van der Waals surface area (Å²) in [5.41, 5.74) is 1.56. The minimum Gasteiger partial charge on any atom is -0.369 e. The molecule has 21 heavy (non-hydrogen) atoms. The fourth-order valence-corrected chi connectivity index (χ4v) is 3.30. The molecule has 0 unspecified atom stereocenters. The van der Waals surface area contributed by atoms with Crippen molar-refractivity contribution in [2.24, 2.45) is 5.92 Å². The number of nitrogens with zero attached hydrogens (tertiary/aromatic N) is 4. The Bertz CT molecular complexity index is 552. The molecule has 2 fully saturated rings. The lowest BCUT2D eigenvalue weighted by Crippen LogP contribution is -2.41. The molecule has 2 saturated heterocycles. The van der Waals surface area contributed by atoms with E-state index in [9.17, 15) is 4.79 Å². The molecule has 2 aliphatic heterocycles. The first-order chi connectivity index (χ1) is 10.3. The van der Waals surface area contributed by atoms with Gasteiger partial charge in [-0.25, -0.2) is 0 Å². The van der Waals surface area contributed by atoms with E-state index in [0.29, 0.717) is 11.5 Å². The maximum Gasteiger partial charge on any atom is 0.225 e. The van der Waals surface area contributed by atoms with E-state index in [1.54, 1.807) is 18.5 Å². The predicted molar refractivity (Wildman–Crippen MR) is 79.7 cm³/mol. The van der Waals surface area contributed by atoms with Crippen LogP contribution in [0, 0.1) is 17.2 Å². The molecule has 0 radical (unpaired) electrons. The molecule has 0 atom stereocenters. The Labute approximate surface area is 125 Å².